The number of nitrogens with one attached hydrogen (secondary N) is 1. The maximum Gasteiger partial charge on any atom is 0.341 e. The van der Waals surface area contributed by atoms with Crippen LogP contribution in [0.15, 0.2) is 39.8 Å². The van der Waals surface area contributed by atoms with E-state index < -0.39 is 15.6 Å². The number of rotatable bonds is 5. The van der Waals surface area contributed by atoms with Crippen LogP contribution in [-0.4, -0.2) is 38.3 Å². The van der Waals surface area contributed by atoms with Crippen LogP contribution in [0.4, 0.5) is 20.3 Å². The second kappa shape index (κ2) is 7.63. The highest BCUT2D eigenvalue weighted by Gasteiger charge is 2.32. The first kappa shape index (κ1) is 19.3. The van der Waals surface area contributed by atoms with Crippen molar-refractivity contribution < 1.29 is 26.5 Å². The number of piperidine rings is 1. The number of aryl methyl sites for hydroxylation is 1. The number of alkyl halides is 2. The first-order valence-corrected chi connectivity index (χ1v) is 9.94. The quantitative estimate of drug-likeness (QED) is 0.831. The molecule has 1 fully saturated rings. The van der Waals surface area contributed by atoms with Crippen molar-refractivity contribution in [2.75, 3.05) is 23.3 Å². The van der Waals surface area contributed by atoms with Gasteiger partial charge in [-0.3, -0.25) is 4.79 Å². The van der Waals surface area contributed by atoms with Crippen molar-refractivity contribution in [1.29, 1.82) is 0 Å². The van der Waals surface area contributed by atoms with Gasteiger partial charge in [0.05, 0.1) is 10.6 Å². The molecule has 0 atom stereocenters. The first-order valence-electron chi connectivity index (χ1n) is 8.39. The summed E-state index contributed by atoms with van der Waals surface area (Å²) in [6.45, 7) is 2.48. The summed E-state index contributed by atoms with van der Waals surface area (Å²) in [5.74, 6) is -3.04. The minimum Gasteiger partial charge on any atom is -0.370 e. The minimum atomic E-state index is -4.70. The third-order valence-electron chi connectivity index (χ3n) is 4.49. The fourth-order valence-corrected chi connectivity index (χ4v) is 4.04. The largest absolute Gasteiger partial charge is 0.370 e. The van der Waals surface area contributed by atoms with Crippen molar-refractivity contribution in [3.8, 4) is 0 Å². The van der Waals surface area contributed by atoms with Crippen LogP contribution in [0, 0.1) is 12.8 Å². The number of benzene rings is 1. The summed E-state index contributed by atoms with van der Waals surface area (Å²) in [6, 6.07) is 7.32. The Morgan fingerprint density at radius 1 is 1.30 bits per heavy atom. The Morgan fingerprint density at radius 2 is 1.96 bits per heavy atom. The Hall–Kier alpha value is -2.49. The third kappa shape index (κ3) is 4.10. The topological polar surface area (TPSA) is 92.5 Å². The van der Waals surface area contributed by atoms with Gasteiger partial charge in [-0.1, -0.05) is 17.3 Å². The van der Waals surface area contributed by atoms with Gasteiger partial charge in [-0.15, -0.1) is 0 Å². The first-order chi connectivity index (χ1) is 12.8. The van der Waals surface area contributed by atoms with Gasteiger partial charge >= 0.3 is 5.76 Å². The molecule has 1 aromatic heterocycles. The molecule has 0 unspecified atom stereocenters. The Balaban J connectivity index is 1.69. The zero-order valence-electron chi connectivity index (χ0n) is 14.6. The van der Waals surface area contributed by atoms with E-state index in [9.17, 15) is 22.0 Å². The summed E-state index contributed by atoms with van der Waals surface area (Å²) in [5.41, 5.74) is 0.240. The van der Waals surface area contributed by atoms with Crippen LogP contribution < -0.4 is 10.2 Å². The molecule has 2 aromatic rings. The summed E-state index contributed by atoms with van der Waals surface area (Å²) in [4.78, 5) is 13.7. The molecule has 27 heavy (non-hydrogen) atoms. The standard InChI is InChI=1S/C17H19F2N3O4S/c1-11-10-15(21-26-11)20-16(23)12-6-8-22(9-7-12)13-4-2-3-5-14(13)27(24,25)17(18)19/h2-5,10,12,17H,6-9H2,1H3,(H,20,21,23). The van der Waals surface area contributed by atoms with Crippen LogP contribution in [0.5, 0.6) is 0 Å². The van der Waals surface area contributed by atoms with E-state index in [1.165, 1.54) is 18.2 Å². The van der Waals surface area contributed by atoms with Crippen molar-refractivity contribution in [1.82, 2.24) is 5.16 Å². The lowest BCUT2D eigenvalue weighted by Crippen LogP contribution is -2.39. The average Bonchev–Trinajstić information content (AvgIpc) is 3.06. The summed E-state index contributed by atoms with van der Waals surface area (Å²) >= 11 is 0. The molecule has 10 heteroatoms. The molecule has 1 aromatic carbocycles. The van der Waals surface area contributed by atoms with Gasteiger partial charge in [0.1, 0.15) is 5.76 Å². The molecule has 0 spiro atoms. The van der Waals surface area contributed by atoms with Gasteiger partial charge in [0.25, 0.3) is 0 Å². The molecule has 0 radical (unpaired) electrons. The number of sulfone groups is 1. The molecule has 0 aliphatic carbocycles. The van der Waals surface area contributed by atoms with E-state index >= 15 is 0 Å². The van der Waals surface area contributed by atoms with E-state index in [1.807, 2.05) is 0 Å². The predicted molar refractivity (Wildman–Crippen MR) is 94.4 cm³/mol. The van der Waals surface area contributed by atoms with E-state index in [1.54, 1.807) is 24.0 Å². The summed E-state index contributed by atoms with van der Waals surface area (Å²) < 4.78 is 54.6. The maximum absolute atomic E-state index is 12.9. The Bertz CT molecular complexity index is 922. The normalized spacial score (nSPS) is 15.9. The van der Waals surface area contributed by atoms with E-state index in [-0.39, 0.29) is 22.4 Å². The SMILES string of the molecule is Cc1cc(NC(=O)C2CCN(c3ccccc3S(=O)(=O)C(F)F)CC2)no1. The lowest BCUT2D eigenvalue weighted by Gasteiger charge is -2.33. The van der Waals surface area contributed by atoms with Crippen molar-refractivity contribution in [3.63, 3.8) is 0 Å². The van der Waals surface area contributed by atoms with Crippen LogP contribution in [0.3, 0.4) is 0 Å². The van der Waals surface area contributed by atoms with Gasteiger partial charge in [-0.2, -0.15) is 8.78 Å². The highest BCUT2D eigenvalue weighted by Crippen LogP contribution is 2.32. The number of hydrogen-bond acceptors (Lipinski definition) is 6. The van der Waals surface area contributed by atoms with Gasteiger partial charge in [-0.25, -0.2) is 8.42 Å². The number of anilines is 2. The lowest BCUT2D eigenvalue weighted by atomic mass is 9.95. The predicted octanol–water partition coefficient (Wildman–Crippen LogP) is 2.83. The van der Waals surface area contributed by atoms with E-state index in [2.05, 4.69) is 10.5 Å². The number of halogens is 2. The van der Waals surface area contributed by atoms with Crippen molar-refractivity contribution in [2.45, 2.75) is 30.4 Å². The molecule has 2 heterocycles. The van der Waals surface area contributed by atoms with Crippen LogP contribution in [0.2, 0.25) is 0 Å². The molecular formula is C17H19F2N3O4S. The number of carbonyl (C=O) groups excluding carboxylic acids is 1. The lowest BCUT2D eigenvalue weighted by molar-refractivity contribution is -0.120. The third-order valence-corrected chi connectivity index (χ3v) is 5.92. The molecule has 3 rings (SSSR count). The number of amides is 1. The van der Waals surface area contributed by atoms with Crippen molar-refractivity contribution in [2.24, 2.45) is 5.92 Å². The zero-order chi connectivity index (χ0) is 19.6. The molecule has 146 valence electrons. The molecule has 1 amide bonds. The van der Waals surface area contributed by atoms with Gasteiger partial charge in [0.15, 0.2) is 5.82 Å². The second-order valence-electron chi connectivity index (χ2n) is 6.35. The Morgan fingerprint density at radius 3 is 2.56 bits per heavy atom. The van der Waals surface area contributed by atoms with E-state index in [0.717, 1.165) is 0 Å². The Labute approximate surface area is 155 Å². The molecule has 1 aliphatic heterocycles. The number of hydrogen-bond donors (Lipinski definition) is 1. The molecular weight excluding hydrogens is 380 g/mol. The van der Waals surface area contributed by atoms with Crippen LogP contribution >= 0.6 is 0 Å². The van der Waals surface area contributed by atoms with Crippen LogP contribution in [-0.2, 0) is 14.6 Å². The number of nitrogens with zero attached hydrogens (tertiary/aromatic N) is 2. The van der Waals surface area contributed by atoms with E-state index in [4.69, 9.17) is 4.52 Å². The fraction of sp³-hybridized carbons (Fsp3) is 0.412. The minimum absolute atomic E-state index is 0.198. The smallest absolute Gasteiger partial charge is 0.341 e. The van der Waals surface area contributed by atoms with Gasteiger partial charge in [0, 0.05) is 25.1 Å². The molecule has 1 saturated heterocycles. The average molecular weight is 399 g/mol. The highest BCUT2D eigenvalue weighted by molar-refractivity contribution is 7.91. The second-order valence-corrected chi connectivity index (χ2v) is 8.23. The van der Waals surface area contributed by atoms with Crippen molar-refractivity contribution in [3.05, 3.63) is 36.1 Å². The summed E-state index contributed by atoms with van der Waals surface area (Å²) in [7, 11) is -4.70. The monoisotopic (exact) mass is 399 g/mol. The van der Waals surface area contributed by atoms with Crippen LogP contribution in [0.25, 0.3) is 0 Å². The highest BCUT2D eigenvalue weighted by atomic mass is 32.2. The molecule has 7 nitrogen and oxygen atoms in total. The Kier molecular flexibility index (Phi) is 5.45. The van der Waals surface area contributed by atoms with E-state index in [0.29, 0.717) is 37.5 Å². The zero-order valence-corrected chi connectivity index (χ0v) is 15.4. The van der Waals surface area contributed by atoms with Gasteiger partial charge in [-0.05, 0) is 31.9 Å². The van der Waals surface area contributed by atoms with Crippen LogP contribution in [0.1, 0.15) is 18.6 Å². The number of para-hydroxylation sites is 1. The summed E-state index contributed by atoms with van der Waals surface area (Å²) in [6.07, 6.45) is 0.928. The number of carbonyl (C=O) groups is 1. The van der Waals surface area contributed by atoms with Crippen molar-refractivity contribution >= 4 is 27.2 Å². The maximum atomic E-state index is 12.9. The summed E-state index contributed by atoms with van der Waals surface area (Å²) in [5, 5.41) is 6.39. The molecule has 0 saturated carbocycles. The molecule has 0 bridgehead atoms. The van der Waals surface area contributed by atoms with Gasteiger partial charge < -0.3 is 14.7 Å². The number of aromatic nitrogens is 1. The molecule has 1 aliphatic rings. The fourth-order valence-electron chi connectivity index (χ4n) is 3.09. The molecule has 1 N–H and O–H groups in total. The van der Waals surface area contributed by atoms with Gasteiger partial charge in [0.2, 0.25) is 15.7 Å².